The second-order valence-corrected chi connectivity index (χ2v) is 5.37. The van der Waals surface area contributed by atoms with Gasteiger partial charge in [0.15, 0.2) is 0 Å². The van der Waals surface area contributed by atoms with E-state index in [2.05, 4.69) is 5.32 Å². The predicted molar refractivity (Wildman–Crippen MR) is 67.2 cm³/mol. The molecule has 5 heteroatoms. The molecule has 1 unspecified atom stereocenters. The fraction of sp³-hybridized carbons (Fsp3) is 0.364. The lowest BCUT2D eigenvalue weighted by Gasteiger charge is -2.11. The number of benzene rings is 1. The summed E-state index contributed by atoms with van der Waals surface area (Å²) in [5, 5.41) is 12.3. The van der Waals surface area contributed by atoms with Crippen LogP contribution in [0.3, 0.4) is 0 Å². The topological polar surface area (TPSA) is 49.3 Å². The van der Waals surface area contributed by atoms with Crippen LogP contribution in [0.15, 0.2) is 18.2 Å². The normalized spacial score (nSPS) is 19.7. The largest absolute Gasteiger partial charge is 0.508 e. The number of thioether (sulfide) groups is 1. The van der Waals surface area contributed by atoms with Crippen molar-refractivity contribution in [2.24, 2.45) is 0 Å². The monoisotopic (exact) mass is 257 g/mol. The number of phenolic OH excluding ortho intramolecular Hbond substituents is 1. The minimum Gasteiger partial charge on any atom is -0.508 e. The summed E-state index contributed by atoms with van der Waals surface area (Å²) in [6.45, 7) is 0. The maximum Gasteiger partial charge on any atom is 0.237 e. The van der Waals surface area contributed by atoms with E-state index < -0.39 is 0 Å². The van der Waals surface area contributed by atoms with Gasteiger partial charge in [0.05, 0.1) is 16.0 Å². The second kappa shape index (κ2) is 4.97. The molecule has 0 spiro atoms. The standard InChI is InChI=1S/C11H12ClNO2S/c12-8-6-7(14)3-4-9(8)13-11(15)10-2-1-5-16-10/h3-4,6,10,14H,1-2,5H2,(H,13,15). The van der Waals surface area contributed by atoms with Crippen molar-refractivity contribution < 1.29 is 9.90 Å². The quantitative estimate of drug-likeness (QED) is 0.801. The summed E-state index contributed by atoms with van der Waals surface area (Å²) in [5.74, 6) is 1.13. The number of hydrogen-bond donors (Lipinski definition) is 2. The first-order chi connectivity index (χ1) is 7.66. The zero-order valence-corrected chi connectivity index (χ0v) is 10.1. The molecule has 3 nitrogen and oxygen atoms in total. The highest BCUT2D eigenvalue weighted by molar-refractivity contribution is 8.00. The number of carbonyl (C=O) groups is 1. The van der Waals surface area contributed by atoms with Crippen LogP contribution in [0.25, 0.3) is 0 Å². The average molecular weight is 258 g/mol. The Morgan fingerprint density at radius 3 is 3.00 bits per heavy atom. The molecule has 1 aromatic rings. The highest BCUT2D eigenvalue weighted by atomic mass is 35.5. The Morgan fingerprint density at radius 1 is 1.56 bits per heavy atom. The van der Waals surface area contributed by atoms with E-state index in [-0.39, 0.29) is 16.9 Å². The summed E-state index contributed by atoms with van der Waals surface area (Å²) in [7, 11) is 0. The molecule has 0 aromatic heterocycles. The van der Waals surface area contributed by atoms with E-state index in [4.69, 9.17) is 11.6 Å². The first-order valence-electron chi connectivity index (χ1n) is 5.08. The molecule has 1 aromatic carbocycles. The summed E-state index contributed by atoms with van der Waals surface area (Å²) in [6, 6.07) is 4.53. The summed E-state index contributed by atoms with van der Waals surface area (Å²) in [4.78, 5) is 11.8. The van der Waals surface area contributed by atoms with E-state index >= 15 is 0 Å². The van der Waals surface area contributed by atoms with Crippen LogP contribution in [0.5, 0.6) is 5.75 Å². The van der Waals surface area contributed by atoms with Gasteiger partial charge in [0.25, 0.3) is 0 Å². The van der Waals surface area contributed by atoms with Crippen molar-refractivity contribution in [1.29, 1.82) is 0 Å². The van der Waals surface area contributed by atoms with Crippen LogP contribution in [-0.4, -0.2) is 22.0 Å². The first kappa shape index (κ1) is 11.6. The molecule has 1 saturated heterocycles. The van der Waals surface area contributed by atoms with Gasteiger partial charge in [-0.2, -0.15) is 0 Å². The van der Waals surface area contributed by atoms with Gasteiger partial charge in [-0.15, -0.1) is 11.8 Å². The number of carbonyl (C=O) groups excluding carboxylic acids is 1. The first-order valence-corrected chi connectivity index (χ1v) is 6.50. The summed E-state index contributed by atoms with van der Waals surface area (Å²) < 4.78 is 0. The summed E-state index contributed by atoms with van der Waals surface area (Å²) in [6.07, 6.45) is 2.01. The Kier molecular flexibility index (Phi) is 3.61. The molecule has 1 amide bonds. The third-order valence-corrected chi connectivity index (χ3v) is 4.12. The van der Waals surface area contributed by atoms with E-state index in [0.29, 0.717) is 10.7 Å². The molecule has 1 fully saturated rings. The molecule has 0 bridgehead atoms. The molecule has 16 heavy (non-hydrogen) atoms. The lowest BCUT2D eigenvalue weighted by atomic mass is 10.2. The number of halogens is 1. The molecule has 0 aliphatic carbocycles. The second-order valence-electron chi connectivity index (χ2n) is 3.66. The molecular weight excluding hydrogens is 246 g/mol. The van der Waals surface area contributed by atoms with Gasteiger partial charge in [0.2, 0.25) is 5.91 Å². The molecular formula is C11H12ClNO2S. The van der Waals surface area contributed by atoms with Crippen LogP contribution in [0.1, 0.15) is 12.8 Å². The highest BCUT2D eigenvalue weighted by Gasteiger charge is 2.23. The van der Waals surface area contributed by atoms with Gasteiger partial charge in [0, 0.05) is 6.07 Å². The van der Waals surface area contributed by atoms with Crippen molar-refractivity contribution in [2.45, 2.75) is 18.1 Å². The molecule has 0 saturated carbocycles. The highest BCUT2D eigenvalue weighted by Crippen LogP contribution is 2.30. The van der Waals surface area contributed by atoms with Gasteiger partial charge in [-0.25, -0.2) is 0 Å². The zero-order valence-electron chi connectivity index (χ0n) is 8.57. The van der Waals surface area contributed by atoms with Crippen LogP contribution in [0, 0.1) is 0 Å². The third kappa shape index (κ3) is 2.62. The number of aromatic hydroxyl groups is 1. The van der Waals surface area contributed by atoms with Crippen molar-refractivity contribution in [3.8, 4) is 5.75 Å². The number of anilines is 1. The molecule has 2 N–H and O–H groups in total. The Balaban J connectivity index is 2.05. The van der Waals surface area contributed by atoms with Crippen molar-refractivity contribution in [1.82, 2.24) is 0 Å². The lowest BCUT2D eigenvalue weighted by molar-refractivity contribution is -0.115. The van der Waals surface area contributed by atoms with Crippen molar-refractivity contribution in [3.05, 3.63) is 23.2 Å². The van der Waals surface area contributed by atoms with Crippen LogP contribution < -0.4 is 5.32 Å². The Morgan fingerprint density at radius 2 is 2.38 bits per heavy atom. The molecule has 0 radical (unpaired) electrons. The van der Waals surface area contributed by atoms with Gasteiger partial charge >= 0.3 is 0 Å². The van der Waals surface area contributed by atoms with Crippen LogP contribution in [-0.2, 0) is 4.79 Å². The fourth-order valence-corrected chi connectivity index (χ4v) is 2.99. The number of amides is 1. The molecule has 1 heterocycles. The molecule has 2 rings (SSSR count). The number of hydrogen-bond acceptors (Lipinski definition) is 3. The van der Waals surface area contributed by atoms with Crippen LogP contribution in [0.2, 0.25) is 5.02 Å². The van der Waals surface area contributed by atoms with E-state index in [1.54, 1.807) is 17.8 Å². The molecule has 1 aliphatic heterocycles. The smallest absolute Gasteiger partial charge is 0.237 e. The van der Waals surface area contributed by atoms with Gasteiger partial charge in [-0.05, 0) is 30.7 Å². The summed E-state index contributed by atoms with van der Waals surface area (Å²) in [5.41, 5.74) is 0.553. The SMILES string of the molecule is O=C(Nc1ccc(O)cc1Cl)C1CCCS1. The Bertz CT molecular complexity index is 405. The fourth-order valence-electron chi connectivity index (χ4n) is 1.60. The third-order valence-electron chi connectivity index (χ3n) is 2.43. The van der Waals surface area contributed by atoms with Gasteiger partial charge in [-0.3, -0.25) is 4.79 Å². The van der Waals surface area contributed by atoms with Crippen molar-refractivity contribution in [3.63, 3.8) is 0 Å². The van der Waals surface area contributed by atoms with E-state index in [1.165, 1.54) is 12.1 Å². The van der Waals surface area contributed by atoms with Gasteiger partial charge < -0.3 is 10.4 Å². The number of phenols is 1. The van der Waals surface area contributed by atoms with Crippen molar-refractivity contribution in [2.75, 3.05) is 11.1 Å². The lowest BCUT2D eigenvalue weighted by Crippen LogP contribution is -2.22. The van der Waals surface area contributed by atoms with Crippen molar-refractivity contribution >= 4 is 35.0 Å². The number of nitrogens with one attached hydrogen (secondary N) is 1. The molecule has 1 aliphatic rings. The maximum absolute atomic E-state index is 11.8. The molecule has 1 atom stereocenters. The maximum atomic E-state index is 11.8. The Hall–Kier alpha value is -0.870. The number of rotatable bonds is 2. The van der Waals surface area contributed by atoms with Gasteiger partial charge in [-0.1, -0.05) is 11.6 Å². The van der Waals surface area contributed by atoms with Gasteiger partial charge in [0.1, 0.15) is 5.75 Å². The van der Waals surface area contributed by atoms with E-state index in [1.807, 2.05) is 0 Å². The Labute approximate surface area is 103 Å². The minimum atomic E-state index is -0.00455. The molecule has 86 valence electrons. The zero-order chi connectivity index (χ0) is 11.5. The van der Waals surface area contributed by atoms with E-state index in [0.717, 1.165) is 18.6 Å². The summed E-state index contributed by atoms with van der Waals surface area (Å²) >= 11 is 7.57. The van der Waals surface area contributed by atoms with Crippen LogP contribution in [0.4, 0.5) is 5.69 Å². The predicted octanol–water partition coefficient (Wildman–Crippen LogP) is 2.88. The minimum absolute atomic E-state index is 0.00455. The van der Waals surface area contributed by atoms with E-state index in [9.17, 15) is 9.90 Å². The average Bonchev–Trinajstić information content (AvgIpc) is 2.75. The van der Waals surface area contributed by atoms with Crippen LogP contribution >= 0.6 is 23.4 Å².